The molecule has 2 aliphatic rings. The molecule has 3 N–H and O–H groups in total. The third-order valence-corrected chi connectivity index (χ3v) is 3.42. The number of fused-ring (bicyclic) bond motifs is 1. The molecule has 6 nitrogen and oxygen atoms in total. The van der Waals surface area contributed by atoms with E-state index in [9.17, 15) is 9.59 Å². The number of rotatable bonds is 1. The summed E-state index contributed by atoms with van der Waals surface area (Å²) >= 11 is 0. The summed E-state index contributed by atoms with van der Waals surface area (Å²) in [5.41, 5.74) is 11.1. The number of hydrogen-bond acceptors (Lipinski definition) is 4. The van der Waals surface area contributed by atoms with Crippen molar-refractivity contribution in [2.75, 3.05) is 17.2 Å². The first kappa shape index (κ1) is 11.7. The lowest BCUT2D eigenvalue weighted by Gasteiger charge is -2.21. The number of hydrazone groups is 1. The van der Waals surface area contributed by atoms with Gasteiger partial charge < -0.3 is 10.6 Å². The summed E-state index contributed by atoms with van der Waals surface area (Å²) in [7, 11) is 0. The lowest BCUT2D eigenvalue weighted by molar-refractivity contribution is -0.121. The van der Waals surface area contributed by atoms with Crippen molar-refractivity contribution in [3.63, 3.8) is 0 Å². The Morgan fingerprint density at radius 2 is 2.16 bits per heavy atom. The van der Waals surface area contributed by atoms with Crippen LogP contribution in [0.4, 0.5) is 11.4 Å². The van der Waals surface area contributed by atoms with Gasteiger partial charge in [0.15, 0.2) is 0 Å². The Kier molecular flexibility index (Phi) is 2.70. The molecule has 0 spiro atoms. The highest BCUT2D eigenvalue weighted by atomic mass is 16.2. The number of nitrogens with zero attached hydrogens (tertiary/aromatic N) is 2. The van der Waals surface area contributed by atoms with E-state index in [1.165, 1.54) is 0 Å². The minimum atomic E-state index is -0.170. The van der Waals surface area contributed by atoms with Crippen molar-refractivity contribution >= 4 is 28.9 Å². The number of hydrogen-bond donors (Lipinski definition) is 2. The monoisotopic (exact) mass is 258 g/mol. The van der Waals surface area contributed by atoms with E-state index in [0.29, 0.717) is 30.8 Å². The van der Waals surface area contributed by atoms with E-state index in [-0.39, 0.29) is 11.8 Å². The fourth-order valence-corrected chi connectivity index (χ4v) is 2.47. The number of nitrogens with one attached hydrogen (secondary N) is 1. The summed E-state index contributed by atoms with van der Waals surface area (Å²) in [5.74, 6) is -0.325. The number of carbonyl (C=O) groups excluding carboxylic acids is 2. The zero-order valence-electron chi connectivity index (χ0n) is 10.3. The molecule has 2 amide bonds. The summed E-state index contributed by atoms with van der Waals surface area (Å²) in [6.07, 6.45) is 1.48. The van der Waals surface area contributed by atoms with Crippen LogP contribution in [0, 0.1) is 0 Å². The van der Waals surface area contributed by atoms with Gasteiger partial charge >= 0.3 is 0 Å². The molecule has 0 saturated carbocycles. The van der Waals surface area contributed by atoms with Crippen molar-refractivity contribution < 1.29 is 9.59 Å². The quantitative estimate of drug-likeness (QED) is 0.716. The average molecular weight is 258 g/mol. The van der Waals surface area contributed by atoms with Gasteiger partial charge in [-0.1, -0.05) is 12.1 Å². The first-order valence-electron chi connectivity index (χ1n) is 6.21. The summed E-state index contributed by atoms with van der Waals surface area (Å²) < 4.78 is 0. The maximum atomic E-state index is 12.4. The predicted molar refractivity (Wildman–Crippen MR) is 71.7 cm³/mol. The first-order chi connectivity index (χ1) is 9.16. The molecule has 1 aromatic rings. The Morgan fingerprint density at radius 1 is 1.32 bits per heavy atom. The second-order valence-corrected chi connectivity index (χ2v) is 4.66. The van der Waals surface area contributed by atoms with Gasteiger partial charge in [-0.3, -0.25) is 9.59 Å². The van der Waals surface area contributed by atoms with Gasteiger partial charge in [0.1, 0.15) is 5.71 Å². The van der Waals surface area contributed by atoms with E-state index in [1.807, 2.05) is 12.1 Å². The van der Waals surface area contributed by atoms with E-state index in [4.69, 9.17) is 5.73 Å². The molecule has 98 valence electrons. The number of para-hydroxylation sites is 1. The molecule has 0 atom stereocenters. The third-order valence-electron chi connectivity index (χ3n) is 3.42. The molecule has 6 heteroatoms. The van der Waals surface area contributed by atoms with Gasteiger partial charge in [0.25, 0.3) is 5.91 Å². The van der Waals surface area contributed by atoms with E-state index < -0.39 is 0 Å². The molecule has 0 saturated heterocycles. The summed E-state index contributed by atoms with van der Waals surface area (Å²) in [6, 6.07) is 5.65. The number of anilines is 2. The smallest absolute Gasteiger partial charge is 0.274 e. The molecule has 1 aromatic carbocycles. The third kappa shape index (κ3) is 1.95. The highest BCUT2D eigenvalue weighted by molar-refractivity contribution is 6.44. The summed E-state index contributed by atoms with van der Waals surface area (Å²) in [4.78, 5) is 25.1. The van der Waals surface area contributed by atoms with Crippen LogP contribution in [0.1, 0.15) is 18.4 Å². The van der Waals surface area contributed by atoms with Crippen LogP contribution < -0.4 is 16.1 Å². The van der Waals surface area contributed by atoms with Gasteiger partial charge in [0.2, 0.25) is 5.91 Å². The van der Waals surface area contributed by atoms with Crippen LogP contribution in [0.5, 0.6) is 0 Å². The van der Waals surface area contributed by atoms with Crippen LogP contribution in [-0.4, -0.2) is 24.1 Å². The Labute approximate surface area is 110 Å². The number of nitrogens with two attached hydrogens (primary N) is 1. The fourth-order valence-electron chi connectivity index (χ4n) is 2.47. The van der Waals surface area contributed by atoms with E-state index in [0.717, 1.165) is 17.7 Å². The maximum Gasteiger partial charge on any atom is 0.274 e. The van der Waals surface area contributed by atoms with Gasteiger partial charge in [-0.15, -0.1) is 0 Å². The highest BCUT2D eigenvalue weighted by Gasteiger charge is 2.30. The largest absolute Gasteiger partial charge is 0.397 e. The fraction of sp³-hybridized carbons (Fsp3) is 0.308. The number of carbonyl (C=O) groups is 2. The second kappa shape index (κ2) is 4.38. The zero-order chi connectivity index (χ0) is 13.4. The van der Waals surface area contributed by atoms with Crippen molar-refractivity contribution in [3.8, 4) is 0 Å². The van der Waals surface area contributed by atoms with Crippen LogP contribution in [0.2, 0.25) is 0 Å². The van der Waals surface area contributed by atoms with Crippen molar-refractivity contribution in [2.24, 2.45) is 5.10 Å². The lowest BCUT2D eigenvalue weighted by Crippen LogP contribution is -2.39. The van der Waals surface area contributed by atoms with Gasteiger partial charge in [-0.25, -0.2) is 5.43 Å². The lowest BCUT2D eigenvalue weighted by atomic mass is 10.1. The Bertz CT molecular complexity index is 594. The van der Waals surface area contributed by atoms with Crippen LogP contribution in [0.15, 0.2) is 23.3 Å². The molecule has 2 heterocycles. The molecule has 0 aromatic heterocycles. The van der Waals surface area contributed by atoms with Crippen LogP contribution in [0.3, 0.4) is 0 Å². The van der Waals surface area contributed by atoms with E-state index >= 15 is 0 Å². The first-order valence-corrected chi connectivity index (χ1v) is 6.21. The molecule has 2 aliphatic heterocycles. The van der Waals surface area contributed by atoms with Gasteiger partial charge in [0.05, 0.1) is 11.4 Å². The topological polar surface area (TPSA) is 87.8 Å². The minimum Gasteiger partial charge on any atom is -0.397 e. The number of amides is 2. The van der Waals surface area contributed by atoms with Gasteiger partial charge in [-0.2, -0.15) is 5.10 Å². The molecule has 0 radical (unpaired) electrons. The molecule has 19 heavy (non-hydrogen) atoms. The summed E-state index contributed by atoms with van der Waals surface area (Å²) in [6.45, 7) is 0.606. The maximum absolute atomic E-state index is 12.4. The predicted octanol–water partition coefficient (Wildman–Crippen LogP) is 0.424. The molecule has 0 aliphatic carbocycles. The summed E-state index contributed by atoms with van der Waals surface area (Å²) in [5, 5.41) is 3.84. The highest BCUT2D eigenvalue weighted by Crippen LogP contribution is 2.33. The van der Waals surface area contributed by atoms with Crippen LogP contribution in [0.25, 0.3) is 0 Å². The van der Waals surface area contributed by atoms with Crippen LogP contribution >= 0.6 is 0 Å². The van der Waals surface area contributed by atoms with Crippen molar-refractivity contribution in [3.05, 3.63) is 23.8 Å². The SMILES string of the molecule is Nc1cccc2c1N(C(=O)C1=NNC(=O)CC1)CC2. The number of benzene rings is 1. The standard InChI is InChI=1S/C13H14N4O2/c14-9-3-1-2-8-6-7-17(12(8)9)13(19)10-4-5-11(18)16-15-10/h1-3H,4-7,14H2,(H,16,18). The van der Waals surface area contributed by atoms with Crippen molar-refractivity contribution in [1.29, 1.82) is 0 Å². The number of nitrogen functional groups attached to an aromatic ring is 1. The molecule has 0 fully saturated rings. The Morgan fingerprint density at radius 3 is 2.89 bits per heavy atom. The average Bonchev–Trinajstić information content (AvgIpc) is 2.84. The molecular formula is C13H14N4O2. The van der Waals surface area contributed by atoms with Gasteiger partial charge in [0, 0.05) is 19.4 Å². The van der Waals surface area contributed by atoms with Crippen molar-refractivity contribution in [1.82, 2.24) is 5.43 Å². The Balaban J connectivity index is 1.90. The molecule has 0 unspecified atom stereocenters. The zero-order valence-corrected chi connectivity index (χ0v) is 10.3. The van der Waals surface area contributed by atoms with Crippen LogP contribution in [-0.2, 0) is 16.0 Å². The molecular weight excluding hydrogens is 244 g/mol. The Hall–Kier alpha value is -2.37. The van der Waals surface area contributed by atoms with E-state index in [2.05, 4.69) is 10.5 Å². The minimum absolute atomic E-state index is 0.155. The van der Waals surface area contributed by atoms with E-state index in [1.54, 1.807) is 11.0 Å². The molecule has 3 rings (SSSR count). The van der Waals surface area contributed by atoms with Crippen molar-refractivity contribution in [2.45, 2.75) is 19.3 Å². The van der Waals surface area contributed by atoms with Gasteiger partial charge in [-0.05, 0) is 18.1 Å². The normalized spacial score (nSPS) is 17.8. The molecule has 0 bridgehead atoms. The second-order valence-electron chi connectivity index (χ2n) is 4.66.